The number of nitrogens with two attached hydrogens (primary N) is 1. The molecule has 2 heterocycles. The second-order valence-electron chi connectivity index (χ2n) is 6.86. The standard InChI is InChI=1S/C15H21N5O3/c1-15(2,3)23-14(22)18-8-6-9(7-8)20-10-4-5-17-12(16)11(10)19-13(20)21/h4-5,8-9H,6-7H2,1-3H3,(H2,16,17)(H,18,22)(H,19,21)/t8-,9+. The zero-order valence-corrected chi connectivity index (χ0v) is 13.4. The number of imidazole rings is 1. The van der Waals surface area contributed by atoms with Crippen molar-refractivity contribution < 1.29 is 9.53 Å². The molecule has 1 aliphatic carbocycles. The molecule has 1 fully saturated rings. The number of pyridine rings is 1. The van der Waals surface area contributed by atoms with Crippen LogP contribution in [0.15, 0.2) is 17.1 Å². The molecular weight excluding hydrogens is 298 g/mol. The first-order valence-corrected chi connectivity index (χ1v) is 7.59. The lowest BCUT2D eigenvalue weighted by Gasteiger charge is -2.36. The van der Waals surface area contributed by atoms with Crippen LogP contribution in [0, 0.1) is 0 Å². The molecule has 23 heavy (non-hydrogen) atoms. The van der Waals surface area contributed by atoms with Gasteiger partial charge in [-0.1, -0.05) is 0 Å². The maximum Gasteiger partial charge on any atom is 0.407 e. The Kier molecular flexibility index (Phi) is 3.54. The zero-order chi connectivity index (χ0) is 16.8. The fourth-order valence-electron chi connectivity index (χ4n) is 2.83. The maximum atomic E-state index is 12.2. The summed E-state index contributed by atoms with van der Waals surface area (Å²) >= 11 is 0. The molecule has 1 aliphatic rings. The summed E-state index contributed by atoms with van der Waals surface area (Å²) < 4.78 is 6.91. The van der Waals surface area contributed by atoms with Crippen LogP contribution < -0.4 is 16.7 Å². The number of carbonyl (C=O) groups is 1. The summed E-state index contributed by atoms with van der Waals surface area (Å²) in [6, 6.07) is 1.79. The van der Waals surface area contributed by atoms with Gasteiger partial charge in [-0.2, -0.15) is 0 Å². The third-order valence-corrected chi connectivity index (χ3v) is 3.87. The second-order valence-corrected chi connectivity index (χ2v) is 6.86. The Morgan fingerprint density at radius 3 is 2.83 bits per heavy atom. The van der Waals surface area contributed by atoms with E-state index in [-0.39, 0.29) is 17.8 Å². The molecule has 124 valence electrons. The molecule has 1 saturated carbocycles. The van der Waals surface area contributed by atoms with Gasteiger partial charge in [0.2, 0.25) is 0 Å². The van der Waals surface area contributed by atoms with Crippen LogP contribution in [0.4, 0.5) is 10.6 Å². The highest BCUT2D eigenvalue weighted by Gasteiger charge is 2.34. The summed E-state index contributed by atoms with van der Waals surface area (Å²) in [6.07, 6.45) is 2.50. The number of hydrogen-bond acceptors (Lipinski definition) is 5. The molecule has 0 unspecified atom stereocenters. The minimum atomic E-state index is -0.522. The highest BCUT2D eigenvalue weighted by Crippen LogP contribution is 2.33. The molecule has 0 spiro atoms. The summed E-state index contributed by atoms with van der Waals surface area (Å²) in [5.41, 5.74) is 6.35. The zero-order valence-electron chi connectivity index (χ0n) is 13.4. The van der Waals surface area contributed by atoms with Crippen LogP contribution >= 0.6 is 0 Å². The molecule has 8 nitrogen and oxygen atoms in total. The van der Waals surface area contributed by atoms with E-state index >= 15 is 0 Å². The van der Waals surface area contributed by atoms with E-state index in [2.05, 4.69) is 15.3 Å². The average Bonchev–Trinajstić information content (AvgIpc) is 2.69. The molecule has 2 aromatic heterocycles. The number of nitrogens with one attached hydrogen (secondary N) is 2. The van der Waals surface area contributed by atoms with Crippen LogP contribution in [0.2, 0.25) is 0 Å². The van der Waals surface area contributed by atoms with Crippen molar-refractivity contribution in [3.63, 3.8) is 0 Å². The predicted molar refractivity (Wildman–Crippen MR) is 86.2 cm³/mol. The van der Waals surface area contributed by atoms with Crippen LogP contribution in [0.5, 0.6) is 0 Å². The van der Waals surface area contributed by atoms with Crippen molar-refractivity contribution >= 4 is 22.9 Å². The number of ether oxygens (including phenoxy) is 1. The number of hydrogen-bond donors (Lipinski definition) is 3. The van der Waals surface area contributed by atoms with Gasteiger partial charge in [0.25, 0.3) is 0 Å². The minimum absolute atomic E-state index is 0.00545. The van der Waals surface area contributed by atoms with E-state index in [1.807, 2.05) is 20.8 Å². The Morgan fingerprint density at radius 2 is 2.17 bits per heavy atom. The second kappa shape index (κ2) is 5.29. The Labute approximate surface area is 133 Å². The number of H-pyrrole nitrogens is 1. The Bertz CT molecular complexity index is 796. The molecule has 0 saturated heterocycles. The molecule has 4 N–H and O–H groups in total. The summed E-state index contributed by atoms with van der Waals surface area (Å²) in [5, 5.41) is 2.82. The molecule has 8 heteroatoms. The molecule has 3 rings (SSSR count). The van der Waals surface area contributed by atoms with Gasteiger partial charge in [-0.15, -0.1) is 0 Å². The number of amides is 1. The topological polar surface area (TPSA) is 115 Å². The van der Waals surface area contributed by atoms with Crippen molar-refractivity contribution in [2.45, 2.75) is 51.3 Å². The minimum Gasteiger partial charge on any atom is -0.444 e. The fourth-order valence-corrected chi connectivity index (χ4v) is 2.83. The Balaban J connectivity index is 1.69. The number of nitrogens with zero attached hydrogens (tertiary/aromatic N) is 2. The molecular formula is C15H21N5O3. The smallest absolute Gasteiger partial charge is 0.407 e. The number of rotatable bonds is 2. The quantitative estimate of drug-likeness (QED) is 0.776. The van der Waals surface area contributed by atoms with E-state index in [1.54, 1.807) is 16.8 Å². The van der Waals surface area contributed by atoms with Crippen LogP contribution in [0.25, 0.3) is 11.0 Å². The van der Waals surface area contributed by atoms with Gasteiger partial charge in [0.15, 0.2) is 0 Å². The number of fused-ring (bicyclic) bond motifs is 1. The third-order valence-electron chi connectivity index (χ3n) is 3.87. The number of carbonyl (C=O) groups excluding carboxylic acids is 1. The van der Waals surface area contributed by atoms with Gasteiger partial charge in [-0.3, -0.25) is 4.57 Å². The van der Waals surface area contributed by atoms with Crippen molar-refractivity contribution in [2.24, 2.45) is 0 Å². The van der Waals surface area contributed by atoms with Crippen LogP contribution in [-0.4, -0.2) is 32.3 Å². The van der Waals surface area contributed by atoms with Crippen molar-refractivity contribution in [2.75, 3.05) is 5.73 Å². The van der Waals surface area contributed by atoms with Crippen LogP contribution in [0.3, 0.4) is 0 Å². The molecule has 1 amide bonds. The van der Waals surface area contributed by atoms with Crippen molar-refractivity contribution in [1.82, 2.24) is 19.9 Å². The van der Waals surface area contributed by atoms with E-state index in [1.165, 1.54) is 0 Å². The SMILES string of the molecule is CC(C)(C)OC(=O)N[C@H]1C[C@@H](n2c(=O)[nH]c3c(N)nccc32)C1. The number of alkyl carbamates (subject to hydrolysis) is 1. The molecule has 0 aliphatic heterocycles. The lowest BCUT2D eigenvalue weighted by Crippen LogP contribution is -2.48. The lowest BCUT2D eigenvalue weighted by molar-refractivity contribution is 0.0457. The van der Waals surface area contributed by atoms with Gasteiger partial charge in [0.1, 0.15) is 16.9 Å². The Hall–Kier alpha value is -2.51. The Morgan fingerprint density at radius 1 is 1.48 bits per heavy atom. The molecule has 0 bridgehead atoms. The van der Waals surface area contributed by atoms with Gasteiger partial charge in [-0.25, -0.2) is 14.6 Å². The van der Waals surface area contributed by atoms with Gasteiger partial charge in [-0.05, 0) is 39.7 Å². The largest absolute Gasteiger partial charge is 0.444 e. The van der Waals surface area contributed by atoms with E-state index in [9.17, 15) is 9.59 Å². The average molecular weight is 319 g/mol. The number of anilines is 1. The number of aromatic amines is 1. The summed E-state index contributed by atoms with van der Waals surface area (Å²) in [4.78, 5) is 30.6. The van der Waals surface area contributed by atoms with Crippen LogP contribution in [0.1, 0.15) is 39.7 Å². The number of aromatic nitrogens is 3. The summed E-state index contributed by atoms with van der Waals surface area (Å²) in [6.45, 7) is 5.46. The van der Waals surface area contributed by atoms with Gasteiger partial charge in [0.05, 0.1) is 5.52 Å². The molecule has 2 aromatic rings. The monoisotopic (exact) mass is 319 g/mol. The highest BCUT2D eigenvalue weighted by molar-refractivity contribution is 5.84. The van der Waals surface area contributed by atoms with Crippen molar-refractivity contribution in [3.8, 4) is 0 Å². The van der Waals surface area contributed by atoms with E-state index in [0.29, 0.717) is 24.2 Å². The van der Waals surface area contributed by atoms with Crippen molar-refractivity contribution in [1.29, 1.82) is 0 Å². The lowest BCUT2D eigenvalue weighted by atomic mass is 9.86. The fraction of sp³-hybridized carbons (Fsp3) is 0.533. The first kappa shape index (κ1) is 15.4. The molecule has 0 aromatic carbocycles. The summed E-state index contributed by atoms with van der Waals surface area (Å²) in [5.74, 6) is 0.307. The first-order chi connectivity index (χ1) is 10.7. The maximum absolute atomic E-state index is 12.2. The van der Waals surface area contributed by atoms with Crippen LogP contribution in [-0.2, 0) is 4.74 Å². The summed E-state index contributed by atoms with van der Waals surface area (Å²) in [7, 11) is 0. The third kappa shape index (κ3) is 3.01. The highest BCUT2D eigenvalue weighted by atomic mass is 16.6. The molecule has 0 atom stereocenters. The normalized spacial score (nSPS) is 21.0. The van der Waals surface area contributed by atoms with Gasteiger partial charge >= 0.3 is 11.8 Å². The number of nitrogen functional groups attached to an aromatic ring is 1. The van der Waals surface area contributed by atoms with Gasteiger partial charge < -0.3 is 20.8 Å². The first-order valence-electron chi connectivity index (χ1n) is 7.59. The van der Waals surface area contributed by atoms with E-state index in [4.69, 9.17) is 10.5 Å². The van der Waals surface area contributed by atoms with Crippen molar-refractivity contribution in [3.05, 3.63) is 22.7 Å². The van der Waals surface area contributed by atoms with E-state index < -0.39 is 11.7 Å². The molecule has 0 radical (unpaired) electrons. The predicted octanol–water partition coefficient (Wildman–Crippen LogP) is 1.54. The van der Waals surface area contributed by atoms with Gasteiger partial charge in [0, 0.05) is 18.3 Å². The van der Waals surface area contributed by atoms with E-state index in [0.717, 1.165) is 5.52 Å².